The van der Waals surface area contributed by atoms with Crippen LogP contribution in [-0.4, -0.2) is 28.9 Å². The van der Waals surface area contributed by atoms with Gasteiger partial charge in [-0.1, -0.05) is 13.8 Å². The van der Waals surface area contributed by atoms with Crippen molar-refractivity contribution in [3.8, 4) is 0 Å². The number of hydrogen-bond donors (Lipinski definition) is 2. The van der Waals surface area contributed by atoms with Crippen LogP contribution in [0.25, 0.3) is 0 Å². The van der Waals surface area contributed by atoms with E-state index in [-0.39, 0.29) is 12.5 Å². The lowest BCUT2D eigenvalue weighted by atomic mass is 9.92. The van der Waals surface area contributed by atoms with E-state index in [1.807, 2.05) is 13.8 Å². The zero-order valence-electron chi connectivity index (χ0n) is 12.1. The molecule has 1 aliphatic heterocycles. The maximum absolute atomic E-state index is 12.6. The van der Waals surface area contributed by atoms with Crippen molar-refractivity contribution < 1.29 is 14.0 Å². The normalized spacial score (nSPS) is 23.3. The number of rotatable bonds is 5. The summed E-state index contributed by atoms with van der Waals surface area (Å²) in [5.41, 5.74) is 4.51. The molecule has 2 heterocycles. The summed E-state index contributed by atoms with van der Waals surface area (Å²) in [5, 5.41) is 2.69. The lowest BCUT2D eigenvalue weighted by molar-refractivity contribution is -0.132. The summed E-state index contributed by atoms with van der Waals surface area (Å²) in [6.07, 6.45) is 2.87. The highest BCUT2D eigenvalue weighted by Crippen LogP contribution is 2.30. The van der Waals surface area contributed by atoms with Crippen LogP contribution in [0.2, 0.25) is 0 Å². The summed E-state index contributed by atoms with van der Waals surface area (Å²) in [6, 6.07) is 2.94. The summed E-state index contributed by atoms with van der Waals surface area (Å²) in [5.74, 6) is 0.100. The summed E-state index contributed by atoms with van der Waals surface area (Å²) in [7, 11) is 0. The average Bonchev–Trinajstić information content (AvgIpc) is 3.03. The molecule has 1 aliphatic rings. The third-order valence-electron chi connectivity index (χ3n) is 4.17. The largest absolute Gasteiger partial charge is 0.466 e. The quantitative estimate of drug-likeness (QED) is 0.801. The molecule has 1 aromatic heterocycles. The fraction of sp³-hybridized carbons (Fsp3) is 0.571. The van der Waals surface area contributed by atoms with Gasteiger partial charge in [-0.25, -0.2) is 4.79 Å². The third kappa shape index (κ3) is 2.20. The maximum Gasteiger partial charge on any atom is 0.325 e. The maximum atomic E-state index is 12.6. The lowest BCUT2D eigenvalue weighted by Gasteiger charge is -2.30. The molecule has 110 valence electrons. The Labute approximate surface area is 118 Å². The molecule has 3 N–H and O–H groups in total. The fourth-order valence-corrected chi connectivity index (χ4v) is 2.36. The van der Waals surface area contributed by atoms with Crippen LogP contribution in [0.15, 0.2) is 22.8 Å². The first-order valence-electron chi connectivity index (χ1n) is 6.83. The van der Waals surface area contributed by atoms with Gasteiger partial charge in [0.05, 0.1) is 6.26 Å². The van der Waals surface area contributed by atoms with Gasteiger partial charge in [0.2, 0.25) is 0 Å². The van der Waals surface area contributed by atoms with Gasteiger partial charge >= 0.3 is 6.03 Å². The van der Waals surface area contributed by atoms with Crippen LogP contribution in [0.1, 0.15) is 39.4 Å². The molecule has 2 rings (SSSR count). The Kier molecular flexibility index (Phi) is 3.60. The molecule has 1 aromatic rings. The van der Waals surface area contributed by atoms with E-state index in [4.69, 9.17) is 10.2 Å². The molecule has 0 spiro atoms. The molecule has 0 radical (unpaired) electrons. The number of furan rings is 1. The number of carbonyl (C=O) groups is 2. The zero-order valence-corrected chi connectivity index (χ0v) is 12.1. The molecule has 6 nitrogen and oxygen atoms in total. The van der Waals surface area contributed by atoms with E-state index in [0.29, 0.717) is 18.6 Å². The summed E-state index contributed by atoms with van der Waals surface area (Å²) in [6.45, 7) is 5.75. The number of nitrogens with two attached hydrogens (primary N) is 1. The molecule has 1 saturated heterocycles. The Morgan fingerprint density at radius 3 is 2.55 bits per heavy atom. The van der Waals surface area contributed by atoms with Crippen molar-refractivity contribution in [2.24, 2.45) is 5.73 Å². The molecule has 20 heavy (non-hydrogen) atoms. The molecule has 1 unspecified atom stereocenters. The molecule has 0 saturated carbocycles. The highest BCUT2D eigenvalue weighted by Gasteiger charge is 2.52. The number of urea groups is 1. The second-order valence-electron chi connectivity index (χ2n) is 5.49. The van der Waals surface area contributed by atoms with Gasteiger partial charge < -0.3 is 15.5 Å². The second-order valence-corrected chi connectivity index (χ2v) is 5.49. The predicted octanol–water partition coefficient (Wildman–Crippen LogP) is 1.56. The minimum absolute atomic E-state index is 0.209. The Morgan fingerprint density at radius 2 is 2.05 bits per heavy atom. The number of imide groups is 1. The monoisotopic (exact) mass is 279 g/mol. The van der Waals surface area contributed by atoms with Gasteiger partial charge in [-0.05, 0) is 31.9 Å². The second kappa shape index (κ2) is 4.94. The number of nitrogens with zero attached hydrogens (tertiary/aromatic N) is 1. The standard InChI is InChI=1S/C14H21N3O3/c1-4-14(15,5-2)9-17-11(18)13(3,16-12(17)19)10-7-6-8-20-10/h6-8H,4-5,9,15H2,1-3H3,(H,16,19). The van der Waals surface area contributed by atoms with Gasteiger partial charge in [-0.3, -0.25) is 9.69 Å². The third-order valence-corrected chi connectivity index (χ3v) is 4.17. The van der Waals surface area contributed by atoms with Crippen LogP contribution in [0, 0.1) is 0 Å². The number of carbonyl (C=O) groups excluding carboxylic acids is 2. The van der Waals surface area contributed by atoms with Crippen LogP contribution >= 0.6 is 0 Å². The predicted molar refractivity (Wildman–Crippen MR) is 73.8 cm³/mol. The number of nitrogens with one attached hydrogen (secondary N) is 1. The topological polar surface area (TPSA) is 88.6 Å². The Bertz CT molecular complexity index is 508. The Morgan fingerprint density at radius 1 is 1.40 bits per heavy atom. The summed E-state index contributed by atoms with van der Waals surface area (Å²) in [4.78, 5) is 25.9. The fourth-order valence-electron chi connectivity index (χ4n) is 2.36. The molecule has 6 heteroatoms. The van der Waals surface area contributed by atoms with Gasteiger partial charge in [-0.2, -0.15) is 0 Å². The van der Waals surface area contributed by atoms with Crippen LogP contribution in [0.5, 0.6) is 0 Å². The first-order valence-corrected chi connectivity index (χ1v) is 6.83. The molecule has 0 aromatic carbocycles. The van der Waals surface area contributed by atoms with Crippen LogP contribution in [0.4, 0.5) is 4.79 Å². The van der Waals surface area contributed by atoms with Crippen molar-refractivity contribution in [3.63, 3.8) is 0 Å². The van der Waals surface area contributed by atoms with E-state index in [2.05, 4.69) is 5.32 Å². The van der Waals surface area contributed by atoms with Crippen molar-refractivity contribution in [3.05, 3.63) is 24.2 Å². The minimum Gasteiger partial charge on any atom is -0.466 e. The molecular weight excluding hydrogens is 258 g/mol. The van der Waals surface area contributed by atoms with Gasteiger partial charge in [0.25, 0.3) is 5.91 Å². The van der Waals surface area contributed by atoms with E-state index in [1.54, 1.807) is 19.1 Å². The van der Waals surface area contributed by atoms with Crippen LogP contribution < -0.4 is 11.1 Å². The van der Waals surface area contributed by atoms with E-state index in [9.17, 15) is 9.59 Å². The highest BCUT2D eigenvalue weighted by atomic mass is 16.3. The average molecular weight is 279 g/mol. The summed E-state index contributed by atoms with van der Waals surface area (Å²) < 4.78 is 5.28. The van der Waals surface area contributed by atoms with Crippen LogP contribution in [-0.2, 0) is 10.3 Å². The Hall–Kier alpha value is -1.82. The smallest absolute Gasteiger partial charge is 0.325 e. The van der Waals surface area contributed by atoms with Crippen LogP contribution in [0.3, 0.4) is 0 Å². The SMILES string of the molecule is CCC(N)(CC)CN1C(=O)NC(C)(c2ccco2)C1=O. The number of hydrogen-bond acceptors (Lipinski definition) is 4. The van der Waals surface area contributed by atoms with Crippen molar-refractivity contribution in [1.29, 1.82) is 0 Å². The molecule has 1 fully saturated rings. The summed E-state index contributed by atoms with van der Waals surface area (Å²) >= 11 is 0. The van der Waals surface area contributed by atoms with Crippen molar-refractivity contribution in [2.75, 3.05) is 6.54 Å². The Balaban J connectivity index is 2.26. The number of amides is 3. The lowest BCUT2D eigenvalue weighted by Crippen LogP contribution is -2.51. The first kappa shape index (κ1) is 14.6. The van der Waals surface area contributed by atoms with Crippen molar-refractivity contribution >= 4 is 11.9 Å². The van der Waals surface area contributed by atoms with Gasteiger partial charge in [-0.15, -0.1) is 0 Å². The van der Waals surface area contributed by atoms with E-state index < -0.39 is 17.1 Å². The van der Waals surface area contributed by atoms with Gasteiger partial charge in [0, 0.05) is 12.1 Å². The van der Waals surface area contributed by atoms with E-state index in [0.717, 1.165) is 0 Å². The van der Waals surface area contributed by atoms with Crippen molar-refractivity contribution in [1.82, 2.24) is 10.2 Å². The minimum atomic E-state index is -1.15. The molecule has 0 aliphatic carbocycles. The molecule has 1 atom stereocenters. The zero-order chi connectivity index (χ0) is 15.0. The van der Waals surface area contributed by atoms with Crippen molar-refractivity contribution in [2.45, 2.75) is 44.7 Å². The van der Waals surface area contributed by atoms with E-state index in [1.165, 1.54) is 11.2 Å². The highest BCUT2D eigenvalue weighted by molar-refractivity contribution is 6.06. The van der Waals surface area contributed by atoms with Gasteiger partial charge in [0.15, 0.2) is 5.54 Å². The van der Waals surface area contributed by atoms with E-state index >= 15 is 0 Å². The molecular formula is C14H21N3O3. The molecule has 0 bridgehead atoms. The molecule has 3 amide bonds. The van der Waals surface area contributed by atoms with Gasteiger partial charge in [0.1, 0.15) is 5.76 Å². The first-order chi connectivity index (χ1) is 9.36.